The molecule has 2 aromatic carbocycles. The number of hydrogen-bond donors (Lipinski definition) is 1. The summed E-state index contributed by atoms with van der Waals surface area (Å²) in [6.07, 6.45) is 0. The third-order valence-corrected chi connectivity index (χ3v) is 3.63. The number of nitrogens with one attached hydrogen (secondary N) is 1. The van der Waals surface area contributed by atoms with Crippen LogP contribution in [0.5, 0.6) is 11.5 Å². The molecule has 0 aromatic heterocycles. The molecule has 1 aliphatic rings. The van der Waals surface area contributed by atoms with E-state index in [4.69, 9.17) is 9.47 Å². The van der Waals surface area contributed by atoms with E-state index in [1.807, 2.05) is 6.07 Å². The molecule has 2 aromatic rings. The van der Waals surface area contributed by atoms with Gasteiger partial charge in [-0.15, -0.1) is 0 Å². The number of hydrogen-bond acceptors (Lipinski definition) is 6. The lowest BCUT2D eigenvalue weighted by Crippen LogP contribution is -2.19. The van der Waals surface area contributed by atoms with Gasteiger partial charge >= 0.3 is 0 Å². The first-order chi connectivity index (χ1) is 12.0. The smallest absolute Gasteiger partial charge is 0.271 e. The minimum Gasteiger partial charge on any atom is -0.486 e. The van der Waals surface area contributed by atoms with Gasteiger partial charge in [-0.1, -0.05) is 0 Å². The highest BCUT2D eigenvalue weighted by molar-refractivity contribution is 6.01. The van der Waals surface area contributed by atoms with Crippen LogP contribution in [0.4, 0.5) is 5.69 Å². The van der Waals surface area contributed by atoms with Gasteiger partial charge in [0.2, 0.25) is 0 Å². The van der Waals surface area contributed by atoms with Gasteiger partial charge in [-0.2, -0.15) is 5.10 Å². The van der Waals surface area contributed by atoms with Crippen LogP contribution in [0.2, 0.25) is 0 Å². The number of rotatable bonds is 4. The highest BCUT2D eigenvalue weighted by Gasteiger charge is 2.13. The van der Waals surface area contributed by atoms with Gasteiger partial charge < -0.3 is 9.47 Å². The molecular weight excluding hydrogens is 326 g/mol. The van der Waals surface area contributed by atoms with Crippen LogP contribution in [-0.4, -0.2) is 29.8 Å². The molecule has 0 saturated heterocycles. The first-order valence-corrected chi connectivity index (χ1v) is 7.54. The van der Waals surface area contributed by atoms with E-state index in [0.717, 1.165) is 5.56 Å². The molecule has 0 aliphatic carbocycles. The average molecular weight is 341 g/mol. The fourth-order valence-electron chi connectivity index (χ4n) is 2.27. The molecule has 0 radical (unpaired) electrons. The summed E-state index contributed by atoms with van der Waals surface area (Å²) >= 11 is 0. The maximum absolute atomic E-state index is 12.1. The quantitative estimate of drug-likeness (QED) is 0.523. The maximum atomic E-state index is 12.1. The van der Waals surface area contributed by atoms with Crippen LogP contribution in [0.3, 0.4) is 0 Å². The van der Waals surface area contributed by atoms with Gasteiger partial charge in [0.1, 0.15) is 13.2 Å². The Hall–Kier alpha value is -3.42. The topological polar surface area (TPSA) is 103 Å². The Kier molecular flexibility index (Phi) is 4.60. The normalized spacial score (nSPS) is 13.2. The first kappa shape index (κ1) is 16.4. The predicted molar refractivity (Wildman–Crippen MR) is 90.2 cm³/mol. The summed E-state index contributed by atoms with van der Waals surface area (Å²) in [7, 11) is 0. The Balaban J connectivity index is 1.70. The van der Waals surface area contributed by atoms with Gasteiger partial charge in [-0.25, -0.2) is 5.43 Å². The minimum atomic E-state index is -0.522. The average Bonchev–Trinajstić information content (AvgIpc) is 2.65. The number of carbonyl (C=O) groups is 1. The molecule has 0 bridgehead atoms. The van der Waals surface area contributed by atoms with Crippen molar-refractivity contribution in [1.82, 2.24) is 5.43 Å². The summed E-state index contributed by atoms with van der Waals surface area (Å²) < 4.78 is 11.0. The van der Waals surface area contributed by atoms with E-state index in [1.54, 1.807) is 19.1 Å². The van der Waals surface area contributed by atoms with Gasteiger partial charge in [0, 0.05) is 23.3 Å². The lowest BCUT2D eigenvalue weighted by Gasteiger charge is -2.18. The molecule has 3 rings (SSSR count). The zero-order chi connectivity index (χ0) is 17.8. The summed E-state index contributed by atoms with van der Waals surface area (Å²) in [5.74, 6) is 0.865. The number of hydrazone groups is 1. The van der Waals surface area contributed by atoms with Crippen LogP contribution in [0.25, 0.3) is 0 Å². The van der Waals surface area contributed by atoms with Crippen molar-refractivity contribution in [2.75, 3.05) is 13.2 Å². The molecule has 25 heavy (non-hydrogen) atoms. The van der Waals surface area contributed by atoms with Gasteiger partial charge in [0.25, 0.3) is 11.6 Å². The molecule has 1 N–H and O–H groups in total. The molecule has 1 aliphatic heterocycles. The van der Waals surface area contributed by atoms with Gasteiger partial charge in [0.05, 0.1) is 10.6 Å². The number of nitro groups is 1. The van der Waals surface area contributed by atoms with Crippen molar-refractivity contribution in [2.45, 2.75) is 6.92 Å². The molecule has 0 atom stereocenters. The highest BCUT2D eigenvalue weighted by Crippen LogP contribution is 2.30. The van der Waals surface area contributed by atoms with Crippen molar-refractivity contribution >= 4 is 17.3 Å². The highest BCUT2D eigenvalue weighted by atomic mass is 16.6. The third-order valence-electron chi connectivity index (χ3n) is 3.63. The van der Waals surface area contributed by atoms with Crippen molar-refractivity contribution in [2.24, 2.45) is 5.10 Å². The summed E-state index contributed by atoms with van der Waals surface area (Å²) in [4.78, 5) is 22.2. The Bertz CT molecular complexity index is 846. The number of fused-ring (bicyclic) bond motifs is 1. The first-order valence-electron chi connectivity index (χ1n) is 7.54. The number of benzene rings is 2. The summed E-state index contributed by atoms with van der Waals surface area (Å²) in [5.41, 5.74) is 4.01. The second kappa shape index (κ2) is 7.00. The Morgan fingerprint density at radius 1 is 1.08 bits per heavy atom. The summed E-state index contributed by atoms with van der Waals surface area (Å²) in [5, 5.41) is 14.7. The van der Waals surface area contributed by atoms with E-state index in [1.165, 1.54) is 24.3 Å². The van der Waals surface area contributed by atoms with Crippen molar-refractivity contribution in [3.63, 3.8) is 0 Å². The van der Waals surface area contributed by atoms with Gasteiger partial charge in [0.15, 0.2) is 11.5 Å². The van der Waals surface area contributed by atoms with Crippen LogP contribution in [0, 0.1) is 10.1 Å². The van der Waals surface area contributed by atoms with Crippen LogP contribution >= 0.6 is 0 Å². The lowest BCUT2D eigenvalue weighted by atomic mass is 10.1. The van der Waals surface area contributed by atoms with E-state index >= 15 is 0 Å². The third kappa shape index (κ3) is 3.74. The van der Waals surface area contributed by atoms with Crippen molar-refractivity contribution in [3.8, 4) is 11.5 Å². The lowest BCUT2D eigenvalue weighted by molar-refractivity contribution is -0.384. The van der Waals surface area contributed by atoms with E-state index in [-0.39, 0.29) is 11.3 Å². The molecule has 8 heteroatoms. The zero-order valence-corrected chi connectivity index (χ0v) is 13.4. The number of amides is 1. The van der Waals surface area contributed by atoms with E-state index < -0.39 is 10.8 Å². The van der Waals surface area contributed by atoms with Crippen LogP contribution < -0.4 is 14.9 Å². The zero-order valence-electron chi connectivity index (χ0n) is 13.4. The van der Waals surface area contributed by atoms with Crippen molar-refractivity contribution in [1.29, 1.82) is 0 Å². The SMILES string of the molecule is CC(=NNC(=O)c1ccc([N+](=O)[O-])cc1)c1ccc2c(c1)OCCO2. The Labute approximate surface area is 143 Å². The fourth-order valence-corrected chi connectivity index (χ4v) is 2.27. The number of nitrogens with zero attached hydrogens (tertiary/aromatic N) is 2. The Morgan fingerprint density at radius 2 is 1.72 bits per heavy atom. The van der Waals surface area contributed by atoms with E-state index in [9.17, 15) is 14.9 Å². The maximum Gasteiger partial charge on any atom is 0.271 e. The number of non-ortho nitro benzene ring substituents is 1. The van der Waals surface area contributed by atoms with Gasteiger partial charge in [-0.05, 0) is 37.3 Å². The minimum absolute atomic E-state index is 0.0764. The Morgan fingerprint density at radius 3 is 2.40 bits per heavy atom. The molecule has 0 unspecified atom stereocenters. The molecular formula is C17H15N3O5. The van der Waals surface area contributed by atoms with Crippen LogP contribution in [0.1, 0.15) is 22.8 Å². The molecule has 128 valence electrons. The molecule has 1 amide bonds. The largest absolute Gasteiger partial charge is 0.486 e. The van der Waals surface area contributed by atoms with Crippen molar-refractivity contribution < 1.29 is 19.2 Å². The summed E-state index contributed by atoms with van der Waals surface area (Å²) in [6.45, 7) is 2.76. The molecule has 0 spiro atoms. The molecule has 0 saturated carbocycles. The van der Waals surface area contributed by atoms with Gasteiger partial charge in [-0.3, -0.25) is 14.9 Å². The summed E-state index contributed by atoms with van der Waals surface area (Å²) in [6, 6.07) is 10.7. The fraction of sp³-hybridized carbons (Fsp3) is 0.176. The predicted octanol–water partition coefficient (Wildman–Crippen LogP) is 2.52. The van der Waals surface area contributed by atoms with Crippen LogP contribution in [-0.2, 0) is 0 Å². The molecule has 0 fully saturated rings. The number of ether oxygens (including phenoxy) is 2. The standard InChI is InChI=1S/C17H15N3O5/c1-11(13-4-7-15-16(10-13)25-9-8-24-15)18-19-17(21)12-2-5-14(6-3-12)20(22)23/h2-7,10H,8-9H2,1H3,(H,19,21). The number of carbonyl (C=O) groups excluding carboxylic acids is 1. The monoisotopic (exact) mass is 341 g/mol. The number of nitro benzene ring substituents is 1. The second-order valence-electron chi connectivity index (χ2n) is 5.30. The van der Waals surface area contributed by atoms with E-state index in [0.29, 0.717) is 30.4 Å². The van der Waals surface area contributed by atoms with Crippen LogP contribution in [0.15, 0.2) is 47.6 Å². The van der Waals surface area contributed by atoms with E-state index in [2.05, 4.69) is 10.5 Å². The molecule has 1 heterocycles. The van der Waals surface area contributed by atoms with Crippen molar-refractivity contribution in [3.05, 3.63) is 63.7 Å². The molecule has 8 nitrogen and oxygen atoms in total. The second-order valence-corrected chi connectivity index (χ2v) is 5.30.